The first-order valence-electron chi connectivity index (χ1n) is 2.51. The standard InChI is InChI=1S/C5H4Cl2N2S/c6-4-3(1-10)5(7)9-2-8-4/h2,10H,1H2. The van der Waals surface area contributed by atoms with Gasteiger partial charge in [0.25, 0.3) is 0 Å². The lowest BCUT2D eigenvalue weighted by atomic mass is 10.4. The van der Waals surface area contributed by atoms with Gasteiger partial charge in [0.1, 0.15) is 16.6 Å². The van der Waals surface area contributed by atoms with Gasteiger partial charge in [-0.2, -0.15) is 12.6 Å². The molecule has 10 heavy (non-hydrogen) atoms. The van der Waals surface area contributed by atoms with Gasteiger partial charge >= 0.3 is 0 Å². The Morgan fingerprint density at radius 2 is 1.80 bits per heavy atom. The first-order chi connectivity index (χ1) is 4.75. The van der Waals surface area contributed by atoms with Crippen LogP contribution in [0.5, 0.6) is 0 Å². The summed E-state index contributed by atoms with van der Waals surface area (Å²) in [6.45, 7) is 0. The number of nitrogens with zero attached hydrogens (tertiary/aromatic N) is 2. The quantitative estimate of drug-likeness (QED) is 0.549. The Hall–Kier alpha value is 0.01000. The first kappa shape index (κ1) is 8.11. The highest BCUT2D eigenvalue weighted by Gasteiger charge is 2.04. The molecule has 0 saturated heterocycles. The van der Waals surface area contributed by atoms with Crippen LogP contribution in [0.15, 0.2) is 6.33 Å². The molecule has 0 spiro atoms. The van der Waals surface area contributed by atoms with E-state index < -0.39 is 0 Å². The molecule has 0 bridgehead atoms. The van der Waals surface area contributed by atoms with Crippen molar-refractivity contribution in [1.82, 2.24) is 9.97 Å². The summed E-state index contributed by atoms with van der Waals surface area (Å²) in [6, 6.07) is 0. The van der Waals surface area contributed by atoms with Gasteiger partial charge < -0.3 is 0 Å². The minimum atomic E-state index is 0.370. The lowest BCUT2D eigenvalue weighted by Gasteiger charge is -1.98. The van der Waals surface area contributed by atoms with Gasteiger partial charge in [-0.05, 0) is 0 Å². The van der Waals surface area contributed by atoms with Gasteiger partial charge in [0, 0.05) is 11.3 Å². The van der Waals surface area contributed by atoms with Crippen LogP contribution in [-0.4, -0.2) is 9.97 Å². The molecule has 1 aromatic rings. The van der Waals surface area contributed by atoms with Gasteiger partial charge in [-0.3, -0.25) is 0 Å². The summed E-state index contributed by atoms with van der Waals surface area (Å²) in [6.07, 6.45) is 1.32. The molecular weight excluding hydrogens is 191 g/mol. The van der Waals surface area contributed by atoms with Crippen LogP contribution in [0.25, 0.3) is 0 Å². The zero-order chi connectivity index (χ0) is 7.56. The third-order valence-electron chi connectivity index (χ3n) is 0.998. The largest absolute Gasteiger partial charge is 0.224 e. The molecule has 0 saturated carbocycles. The third-order valence-corrected chi connectivity index (χ3v) is 1.97. The lowest BCUT2D eigenvalue weighted by Crippen LogP contribution is -1.88. The fraction of sp³-hybridized carbons (Fsp3) is 0.200. The second kappa shape index (κ2) is 3.42. The van der Waals surface area contributed by atoms with Gasteiger partial charge in [-0.15, -0.1) is 0 Å². The first-order valence-corrected chi connectivity index (χ1v) is 3.90. The molecule has 1 aromatic heterocycles. The Morgan fingerprint density at radius 1 is 1.30 bits per heavy atom. The maximum atomic E-state index is 5.65. The van der Waals surface area contributed by atoms with E-state index in [1.54, 1.807) is 0 Å². The van der Waals surface area contributed by atoms with Crippen molar-refractivity contribution < 1.29 is 0 Å². The van der Waals surface area contributed by atoms with E-state index in [9.17, 15) is 0 Å². The summed E-state index contributed by atoms with van der Waals surface area (Å²) in [5.74, 6) is 0.457. The van der Waals surface area contributed by atoms with Crippen molar-refractivity contribution in [3.8, 4) is 0 Å². The van der Waals surface area contributed by atoms with Gasteiger partial charge in [0.15, 0.2) is 0 Å². The van der Waals surface area contributed by atoms with Gasteiger partial charge in [0.2, 0.25) is 0 Å². The number of thiol groups is 1. The van der Waals surface area contributed by atoms with Crippen LogP contribution in [0, 0.1) is 0 Å². The highest BCUT2D eigenvalue weighted by molar-refractivity contribution is 7.79. The number of halogens is 2. The van der Waals surface area contributed by atoms with Crippen LogP contribution >= 0.6 is 35.8 Å². The molecule has 5 heteroatoms. The molecule has 0 aliphatic rings. The molecule has 1 heterocycles. The summed E-state index contributed by atoms with van der Waals surface area (Å²) in [5.41, 5.74) is 0.675. The molecule has 0 atom stereocenters. The predicted octanol–water partition coefficient (Wildman–Crippen LogP) is 2.21. The van der Waals surface area contributed by atoms with Crippen molar-refractivity contribution in [2.75, 3.05) is 0 Å². The number of aromatic nitrogens is 2. The smallest absolute Gasteiger partial charge is 0.137 e. The molecule has 0 aliphatic carbocycles. The predicted molar refractivity (Wildman–Crippen MR) is 44.7 cm³/mol. The summed E-state index contributed by atoms with van der Waals surface area (Å²) >= 11 is 15.3. The summed E-state index contributed by atoms with van der Waals surface area (Å²) in [5, 5.41) is 0.741. The average Bonchev–Trinajstić information content (AvgIpc) is 1.88. The van der Waals surface area contributed by atoms with Crippen LogP contribution in [0.2, 0.25) is 10.3 Å². The van der Waals surface area contributed by atoms with E-state index in [0.717, 1.165) is 0 Å². The second-order valence-corrected chi connectivity index (χ2v) is 2.62. The van der Waals surface area contributed by atoms with E-state index in [4.69, 9.17) is 23.2 Å². The van der Waals surface area contributed by atoms with Crippen LogP contribution < -0.4 is 0 Å². The molecule has 0 fully saturated rings. The van der Waals surface area contributed by atoms with Crippen molar-refractivity contribution in [3.63, 3.8) is 0 Å². The Labute approximate surface area is 74.0 Å². The fourth-order valence-corrected chi connectivity index (χ4v) is 1.44. The summed E-state index contributed by atoms with van der Waals surface area (Å²) < 4.78 is 0. The zero-order valence-electron chi connectivity index (χ0n) is 4.88. The maximum absolute atomic E-state index is 5.65. The minimum Gasteiger partial charge on any atom is -0.224 e. The summed E-state index contributed by atoms with van der Waals surface area (Å²) in [7, 11) is 0. The molecule has 2 nitrogen and oxygen atoms in total. The maximum Gasteiger partial charge on any atom is 0.137 e. The van der Waals surface area contributed by atoms with Crippen molar-refractivity contribution in [1.29, 1.82) is 0 Å². The van der Waals surface area contributed by atoms with E-state index in [2.05, 4.69) is 22.6 Å². The van der Waals surface area contributed by atoms with Crippen LogP contribution in [-0.2, 0) is 5.75 Å². The molecular formula is C5H4Cl2N2S. The lowest BCUT2D eigenvalue weighted by molar-refractivity contribution is 1.12. The number of hydrogen-bond donors (Lipinski definition) is 1. The molecule has 0 unspecified atom stereocenters. The molecule has 0 aliphatic heterocycles. The Balaban J connectivity index is 3.17. The Kier molecular flexibility index (Phi) is 2.77. The normalized spacial score (nSPS) is 9.90. The van der Waals surface area contributed by atoms with Crippen LogP contribution in [0.1, 0.15) is 5.56 Å². The Bertz CT molecular complexity index is 221. The van der Waals surface area contributed by atoms with Crippen molar-refractivity contribution in [3.05, 3.63) is 22.2 Å². The van der Waals surface area contributed by atoms with E-state index in [1.165, 1.54) is 6.33 Å². The number of rotatable bonds is 1. The highest BCUT2D eigenvalue weighted by Crippen LogP contribution is 2.20. The highest BCUT2D eigenvalue weighted by atomic mass is 35.5. The fourth-order valence-electron chi connectivity index (χ4n) is 0.502. The van der Waals surface area contributed by atoms with Crippen molar-refractivity contribution >= 4 is 35.8 Å². The van der Waals surface area contributed by atoms with Gasteiger partial charge in [-0.25, -0.2) is 9.97 Å². The zero-order valence-corrected chi connectivity index (χ0v) is 7.29. The van der Waals surface area contributed by atoms with Gasteiger partial charge in [0.05, 0.1) is 0 Å². The SMILES string of the molecule is SCc1c(Cl)ncnc1Cl. The molecule has 0 aromatic carbocycles. The third kappa shape index (κ3) is 1.54. The molecule has 54 valence electrons. The van der Waals surface area contributed by atoms with Gasteiger partial charge in [-0.1, -0.05) is 23.2 Å². The average molecular weight is 195 g/mol. The molecule has 0 amide bonds. The topological polar surface area (TPSA) is 25.8 Å². The minimum absolute atomic E-state index is 0.370. The number of hydrogen-bond acceptors (Lipinski definition) is 3. The van der Waals surface area contributed by atoms with E-state index in [-0.39, 0.29) is 0 Å². The van der Waals surface area contributed by atoms with E-state index >= 15 is 0 Å². The van der Waals surface area contributed by atoms with E-state index in [1.807, 2.05) is 0 Å². The van der Waals surface area contributed by atoms with E-state index in [0.29, 0.717) is 21.6 Å². The van der Waals surface area contributed by atoms with Crippen molar-refractivity contribution in [2.45, 2.75) is 5.75 Å². The monoisotopic (exact) mass is 194 g/mol. The van der Waals surface area contributed by atoms with Crippen LogP contribution in [0.4, 0.5) is 0 Å². The Morgan fingerprint density at radius 3 is 2.10 bits per heavy atom. The molecule has 1 rings (SSSR count). The van der Waals surface area contributed by atoms with Crippen LogP contribution in [0.3, 0.4) is 0 Å². The van der Waals surface area contributed by atoms with Crippen molar-refractivity contribution in [2.24, 2.45) is 0 Å². The molecule has 0 radical (unpaired) electrons. The second-order valence-electron chi connectivity index (χ2n) is 1.59. The summed E-state index contributed by atoms with van der Waals surface area (Å²) in [4.78, 5) is 7.46. The molecule has 0 N–H and O–H groups in total.